The molecule has 100 valence electrons. The Labute approximate surface area is 111 Å². The number of amides is 1. The van der Waals surface area contributed by atoms with Crippen LogP contribution in [-0.2, 0) is 4.74 Å². The fraction of sp³-hybridized carbons (Fsp3) is 0.583. The Hall–Kier alpha value is -1.11. The SMILES string of the molecule is CCN1CCOC(CNC(=O)c2sccc2N)C1. The van der Waals surface area contributed by atoms with Crippen molar-refractivity contribution in [3.63, 3.8) is 0 Å². The van der Waals surface area contributed by atoms with Gasteiger partial charge in [-0.05, 0) is 18.0 Å². The van der Waals surface area contributed by atoms with Crippen LogP contribution in [-0.4, -0.2) is 49.7 Å². The Morgan fingerprint density at radius 3 is 3.22 bits per heavy atom. The van der Waals surface area contributed by atoms with E-state index in [1.54, 1.807) is 6.07 Å². The Morgan fingerprint density at radius 1 is 1.72 bits per heavy atom. The molecule has 1 atom stereocenters. The van der Waals surface area contributed by atoms with E-state index < -0.39 is 0 Å². The largest absolute Gasteiger partial charge is 0.397 e. The summed E-state index contributed by atoms with van der Waals surface area (Å²) in [6.07, 6.45) is 0.0730. The first-order valence-electron chi connectivity index (χ1n) is 6.15. The van der Waals surface area contributed by atoms with E-state index in [4.69, 9.17) is 10.5 Å². The zero-order valence-electron chi connectivity index (χ0n) is 10.5. The topological polar surface area (TPSA) is 67.6 Å². The Kier molecular flexibility index (Phi) is 4.57. The number of carbonyl (C=O) groups is 1. The molecule has 1 saturated heterocycles. The van der Waals surface area contributed by atoms with E-state index in [9.17, 15) is 4.79 Å². The van der Waals surface area contributed by atoms with Gasteiger partial charge in [-0.25, -0.2) is 0 Å². The van der Waals surface area contributed by atoms with Crippen LogP contribution in [0.25, 0.3) is 0 Å². The zero-order valence-corrected chi connectivity index (χ0v) is 11.3. The summed E-state index contributed by atoms with van der Waals surface area (Å²) < 4.78 is 5.62. The van der Waals surface area contributed by atoms with Gasteiger partial charge in [0.15, 0.2) is 0 Å². The van der Waals surface area contributed by atoms with Crippen molar-refractivity contribution in [2.75, 3.05) is 38.5 Å². The Morgan fingerprint density at radius 2 is 2.56 bits per heavy atom. The predicted octanol–water partition coefficient (Wildman–Crippen LogP) is 0.781. The lowest BCUT2D eigenvalue weighted by molar-refractivity contribution is -0.0245. The van der Waals surface area contributed by atoms with Gasteiger partial charge in [-0.1, -0.05) is 6.92 Å². The van der Waals surface area contributed by atoms with Gasteiger partial charge in [0, 0.05) is 19.6 Å². The van der Waals surface area contributed by atoms with Crippen LogP contribution in [0.4, 0.5) is 5.69 Å². The molecule has 5 nitrogen and oxygen atoms in total. The maximum absolute atomic E-state index is 11.9. The molecule has 2 rings (SSSR count). The smallest absolute Gasteiger partial charge is 0.263 e. The summed E-state index contributed by atoms with van der Waals surface area (Å²) in [6.45, 7) is 6.26. The molecule has 0 aromatic carbocycles. The maximum atomic E-state index is 11.9. The normalized spacial score (nSPS) is 20.8. The summed E-state index contributed by atoms with van der Waals surface area (Å²) in [5.74, 6) is -0.111. The van der Waals surface area contributed by atoms with Crippen molar-refractivity contribution >= 4 is 22.9 Å². The lowest BCUT2D eigenvalue weighted by Crippen LogP contribution is -2.47. The second-order valence-corrected chi connectivity index (χ2v) is 5.22. The Balaban J connectivity index is 1.81. The number of hydrogen-bond donors (Lipinski definition) is 2. The second kappa shape index (κ2) is 6.17. The van der Waals surface area contributed by atoms with E-state index in [2.05, 4.69) is 17.1 Å². The predicted molar refractivity (Wildman–Crippen MR) is 72.9 cm³/mol. The molecule has 1 amide bonds. The summed E-state index contributed by atoms with van der Waals surface area (Å²) in [7, 11) is 0. The van der Waals surface area contributed by atoms with Gasteiger partial charge in [0.1, 0.15) is 4.88 Å². The number of rotatable bonds is 4. The first-order valence-corrected chi connectivity index (χ1v) is 7.03. The lowest BCUT2D eigenvalue weighted by Gasteiger charge is -2.32. The van der Waals surface area contributed by atoms with Crippen LogP contribution < -0.4 is 11.1 Å². The molecule has 0 bridgehead atoms. The zero-order chi connectivity index (χ0) is 13.0. The fourth-order valence-electron chi connectivity index (χ4n) is 1.98. The number of nitrogens with zero attached hydrogens (tertiary/aromatic N) is 1. The molecule has 3 N–H and O–H groups in total. The standard InChI is InChI=1S/C12H19N3O2S/c1-2-15-4-5-17-9(8-15)7-14-12(16)11-10(13)3-6-18-11/h3,6,9H,2,4-5,7-8,13H2,1H3,(H,14,16). The molecule has 18 heavy (non-hydrogen) atoms. The molecule has 1 fully saturated rings. The van der Waals surface area contributed by atoms with Gasteiger partial charge in [0.05, 0.1) is 18.4 Å². The molecule has 2 heterocycles. The average molecular weight is 269 g/mol. The summed E-state index contributed by atoms with van der Waals surface area (Å²) in [5.41, 5.74) is 6.24. The van der Waals surface area contributed by atoms with Gasteiger partial charge in [0.25, 0.3) is 5.91 Å². The molecule has 1 aromatic rings. The number of carbonyl (C=O) groups excluding carboxylic acids is 1. The van der Waals surface area contributed by atoms with Crippen LogP contribution >= 0.6 is 11.3 Å². The second-order valence-electron chi connectivity index (χ2n) is 4.30. The lowest BCUT2D eigenvalue weighted by atomic mass is 10.2. The molecule has 6 heteroatoms. The van der Waals surface area contributed by atoms with Crippen molar-refractivity contribution < 1.29 is 9.53 Å². The average Bonchev–Trinajstić information content (AvgIpc) is 2.82. The molecule has 1 aliphatic rings. The van der Waals surface area contributed by atoms with E-state index in [0.29, 0.717) is 17.1 Å². The summed E-state index contributed by atoms with van der Waals surface area (Å²) >= 11 is 1.36. The molecular weight excluding hydrogens is 250 g/mol. The highest BCUT2D eigenvalue weighted by atomic mass is 32.1. The van der Waals surface area contributed by atoms with E-state index in [0.717, 1.165) is 26.2 Å². The Bertz CT molecular complexity index is 408. The number of hydrogen-bond acceptors (Lipinski definition) is 5. The molecule has 0 radical (unpaired) electrons. The molecule has 0 aliphatic carbocycles. The molecule has 0 saturated carbocycles. The number of anilines is 1. The van der Waals surface area contributed by atoms with E-state index in [1.807, 2.05) is 5.38 Å². The minimum Gasteiger partial charge on any atom is -0.397 e. The van der Waals surface area contributed by atoms with Crippen molar-refractivity contribution in [3.8, 4) is 0 Å². The first-order chi connectivity index (χ1) is 8.70. The summed E-state index contributed by atoms with van der Waals surface area (Å²) in [5, 5.41) is 4.70. The summed E-state index contributed by atoms with van der Waals surface area (Å²) in [4.78, 5) is 14.8. The minimum atomic E-state index is -0.111. The van der Waals surface area contributed by atoms with E-state index in [-0.39, 0.29) is 12.0 Å². The van der Waals surface area contributed by atoms with Gasteiger partial charge < -0.3 is 15.8 Å². The monoisotopic (exact) mass is 269 g/mol. The summed E-state index contributed by atoms with van der Waals surface area (Å²) in [6, 6.07) is 1.75. The van der Waals surface area contributed by atoms with E-state index >= 15 is 0 Å². The maximum Gasteiger partial charge on any atom is 0.263 e. The minimum absolute atomic E-state index is 0.0730. The van der Waals surface area contributed by atoms with Crippen molar-refractivity contribution in [3.05, 3.63) is 16.3 Å². The van der Waals surface area contributed by atoms with Gasteiger partial charge >= 0.3 is 0 Å². The van der Waals surface area contributed by atoms with Crippen LogP contribution in [0.2, 0.25) is 0 Å². The number of thiophene rings is 1. The highest BCUT2D eigenvalue weighted by Gasteiger charge is 2.20. The number of nitrogens with one attached hydrogen (secondary N) is 1. The first kappa shape index (κ1) is 13.3. The quantitative estimate of drug-likeness (QED) is 0.847. The number of likely N-dealkylation sites (N-methyl/N-ethyl adjacent to an activating group) is 1. The van der Waals surface area contributed by atoms with E-state index in [1.165, 1.54) is 11.3 Å². The highest BCUT2D eigenvalue weighted by Crippen LogP contribution is 2.18. The van der Waals surface area contributed by atoms with Crippen LogP contribution in [0.1, 0.15) is 16.6 Å². The van der Waals surface area contributed by atoms with Crippen LogP contribution in [0.15, 0.2) is 11.4 Å². The van der Waals surface area contributed by atoms with Crippen molar-refractivity contribution in [2.45, 2.75) is 13.0 Å². The molecule has 1 aliphatic heterocycles. The van der Waals surface area contributed by atoms with Gasteiger partial charge in [-0.2, -0.15) is 0 Å². The number of nitrogen functional groups attached to an aromatic ring is 1. The van der Waals surface area contributed by atoms with Crippen molar-refractivity contribution in [1.82, 2.24) is 10.2 Å². The van der Waals surface area contributed by atoms with Gasteiger partial charge in [0.2, 0.25) is 0 Å². The van der Waals surface area contributed by atoms with Gasteiger partial charge in [-0.15, -0.1) is 11.3 Å². The third-order valence-electron chi connectivity index (χ3n) is 3.06. The van der Waals surface area contributed by atoms with Crippen molar-refractivity contribution in [1.29, 1.82) is 0 Å². The fourth-order valence-corrected chi connectivity index (χ4v) is 2.72. The third-order valence-corrected chi connectivity index (χ3v) is 3.99. The van der Waals surface area contributed by atoms with Crippen LogP contribution in [0.5, 0.6) is 0 Å². The van der Waals surface area contributed by atoms with Crippen molar-refractivity contribution in [2.24, 2.45) is 0 Å². The van der Waals surface area contributed by atoms with Gasteiger partial charge in [-0.3, -0.25) is 9.69 Å². The highest BCUT2D eigenvalue weighted by molar-refractivity contribution is 7.12. The third kappa shape index (κ3) is 3.22. The molecule has 0 spiro atoms. The number of ether oxygens (including phenoxy) is 1. The molecule has 1 unspecified atom stereocenters. The molecule has 1 aromatic heterocycles. The number of nitrogens with two attached hydrogens (primary N) is 1. The number of morpholine rings is 1. The van der Waals surface area contributed by atoms with Crippen LogP contribution in [0, 0.1) is 0 Å². The van der Waals surface area contributed by atoms with Crippen LogP contribution in [0.3, 0.4) is 0 Å². The molecular formula is C12H19N3O2S.